The van der Waals surface area contributed by atoms with E-state index < -0.39 is 6.04 Å². The van der Waals surface area contributed by atoms with Gasteiger partial charge in [-0.05, 0) is 40.1 Å². The second-order valence-corrected chi connectivity index (χ2v) is 8.49. The number of aromatic amines is 1. The third-order valence-corrected chi connectivity index (χ3v) is 6.51. The Morgan fingerprint density at radius 1 is 1.06 bits per heavy atom. The molecule has 1 atom stereocenters. The molecule has 0 fully saturated rings. The summed E-state index contributed by atoms with van der Waals surface area (Å²) in [6.45, 7) is 2.39. The minimum Gasteiger partial charge on any atom is -0.493 e. The van der Waals surface area contributed by atoms with Crippen molar-refractivity contribution in [3.05, 3.63) is 75.3 Å². The van der Waals surface area contributed by atoms with E-state index in [1.54, 1.807) is 32.1 Å². The molecule has 0 saturated carbocycles. The quantitative estimate of drug-likeness (QED) is 0.413. The number of hydrogen-bond donors (Lipinski definition) is 1. The Bertz CT molecular complexity index is 1400. The lowest BCUT2D eigenvalue weighted by molar-refractivity contribution is 0.169. The Morgan fingerprint density at radius 3 is 2.60 bits per heavy atom. The number of nitrogens with zero attached hydrogens (tertiary/aromatic N) is 5. The van der Waals surface area contributed by atoms with Gasteiger partial charge < -0.3 is 19.2 Å². The summed E-state index contributed by atoms with van der Waals surface area (Å²) in [6.07, 6.45) is 0.878. The molecular formula is C25H28N6O4. The molecule has 0 unspecified atom stereocenters. The average Bonchev–Trinajstić information content (AvgIpc) is 3.35. The average molecular weight is 477 g/mol. The molecule has 182 valence electrons. The molecule has 1 aliphatic rings. The van der Waals surface area contributed by atoms with Crippen molar-refractivity contribution < 1.29 is 14.2 Å². The standard InChI is InChI=1S/C25H28N6O4/c1-33-11-10-31-24(27-28-29-31)23(30-9-8-16-6-4-5-7-17(16)15-30)19-12-18-13-21(34-2)22(35-3)14-20(18)26-25(19)32/h4-7,12-14,23H,8-11,15H2,1-3H3,(H,26,32)/t23-/m0/s1. The van der Waals surface area contributed by atoms with E-state index in [9.17, 15) is 4.79 Å². The number of H-pyrrole nitrogens is 1. The van der Waals surface area contributed by atoms with Crippen LogP contribution < -0.4 is 15.0 Å². The predicted molar refractivity (Wildman–Crippen MR) is 130 cm³/mol. The fraction of sp³-hybridized carbons (Fsp3) is 0.360. The molecule has 3 heterocycles. The molecule has 0 radical (unpaired) electrons. The molecule has 2 aromatic carbocycles. The molecule has 35 heavy (non-hydrogen) atoms. The number of tetrazole rings is 1. The highest BCUT2D eigenvalue weighted by Gasteiger charge is 2.32. The topological polar surface area (TPSA) is 107 Å². The van der Waals surface area contributed by atoms with Gasteiger partial charge in [-0.15, -0.1) is 5.10 Å². The highest BCUT2D eigenvalue weighted by atomic mass is 16.5. The maximum absolute atomic E-state index is 13.5. The van der Waals surface area contributed by atoms with E-state index in [1.165, 1.54) is 11.1 Å². The van der Waals surface area contributed by atoms with Crippen LogP contribution in [0.5, 0.6) is 11.5 Å². The van der Waals surface area contributed by atoms with E-state index in [1.807, 2.05) is 18.2 Å². The van der Waals surface area contributed by atoms with Crippen LogP contribution in [0, 0.1) is 0 Å². The maximum atomic E-state index is 13.5. The van der Waals surface area contributed by atoms with Crippen LogP contribution in [0.25, 0.3) is 10.9 Å². The Hall–Kier alpha value is -3.76. The van der Waals surface area contributed by atoms with Crippen molar-refractivity contribution in [3.8, 4) is 11.5 Å². The first kappa shape index (κ1) is 23.0. The van der Waals surface area contributed by atoms with Crippen molar-refractivity contribution in [2.45, 2.75) is 25.6 Å². The smallest absolute Gasteiger partial charge is 0.253 e. The number of fused-ring (bicyclic) bond motifs is 2. The number of ether oxygens (including phenoxy) is 3. The van der Waals surface area contributed by atoms with E-state index >= 15 is 0 Å². The van der Waals surface area contributed by atoms with Crippen LogP contribution >= 0.6 is 0 Å². The molecule has 0 amide bonds. The van der Waals surface area contributed by atoms with Crippen LogP contribution in [0.2, 0.25) is 0 Å². The van der Waals surface area contributed by atoms with Crippen molar-refractivity contribution in [1.82, 2.24) is 30.1 Å². The van der Waals surface area contributed by atoms with E-state index in [0.717, 1.165) is 18.4 Å². The van der Waals surface area contributed by atoms with Crippen LogP contribution in [-0.2, 0) is 24.2 Å². The summed E-state index contributed by atoms with van der Waals surface area (Å²) in [7, 11) is 4.80. The first-order chi connectivity index (χ1) is 17.1. The largest absolute Gasteiger partial charge is 0.493 e. The SMILES string of the molecule is COCCn1nnnc1[C@H](c1cc2cc(OC)c(OC)cc2[nH]c1=O)N1CCc2ccccc2C1. The van der Waals surface area contributed by atoms with Gasteiger partial charge in [-0.25, -0.2) is 4.68 Å². The predicted octanol–water partition coefficient (Wildman–Crippen LogP) is 2.33. The zero-order valence-electron chi connectivity index (χ0n) is 20.0. The van der Waals surface area contributed by atoms with Gasteiger partial charge in [0.15, 0.2) is 17.3 Å². The Labute approximate surface area is 202 Å². The van der Waals surface area contributed by atoms with Crippen molar-refractivity contribution in [3.63, 3.8) is 0 Å². The summed E-state index contributed by atoms with van der Waals surface area (Å²) in [5.41, 5.74) is 3.60. The van der Waals surface area contributed by atoms with Crippen LogP contribution in [0.4, 0.5) is 0 Å². The van der Waals surface area contributed by atoms with Gasteiger partial charge in [0.2, 0.25) is 0 Å². The molecule has 5 rings (SSSR count). The summed E-state index contributed by atoms with van der Waals surface area (Å²) in [5, 5.41) is 13.3. The molecule has 0 saturated heterocycles. The minimum atomic E-state index is -0.448. The molecule has 1 aliphatic heterocycles. The Balaban J connectivity index is 1.65. The van der Waals surface area contributed by atoms with Gasteiger partial charge in [0.1, 0.15) is 6.04 Å². The van der Waals surface area contributed by atoms with Gasteiger partial charge >= 0.3 is 0 Å². The lowest BCUT2D eigenvalue weighted by Crippen LogP contribution is -2.38. The zero-order chi connectivity index (χ0) is 24.4. The number of aromatic nitrogens is 5. The molecule has 2 aromatic heterocycles. The fourth-order valence-corrected chi connectivity index (χ4v) is 4.73. The first-order valence-corrected chi connectivity index (χ1v) is 11.5. The molecule has 0 spiro atoms. The van der Waals surface area contributed by atoms with E-state index in [4.69, 9.17) is 14.2 Å². The molecule has 10 nitrogen and oxygen atoms in total. The second-order valence-electron chi connectivity index (χ2n) is 8.49. The maximum Gasteiger partial charge on any atom is 0.253 e. The Morgan fingerprint density at radius 2 is 1.83 bits per heavy atom. The number of hydrogen-bond acceptors (Lipinski definition) is 8. The van der Waals surface area contributed by atoms with Crippen LogP contribution in [0.15, 0.2) is 47.3 Å². The molecular weight excluding hydrogens is 448 g/mol. The minimum absolute atomic E-state index is 0.199. The first-order valence-electron chi connectivity index (χ1n) is 11.5. The molecule has 0 bridgehead atoms. The van der Waals surface area contributed by atoms with E-state index in [-0.39, 0.29) is 5.56 Å². The van der Waals surface area contributed by atoms with Gasteiger partial charge in [-0.2, -0.15) is 0 Å². The van der Waals surface area contributed by atoms with Crippen LogP contribution in [0.3, 0.4) is 0 Å². The van der Waals surface area contributed by atoms with Gasteiger partial charge in [0.25, 0.3) is 5.56 Å². The third-order valence-electron chi connectivity index (χ3n) is 6.51. The zero-order valence-corrected chi connectivity index (χ0v) is 20.0. The highest BCUT2D eigenvalue weighted by Crippen LogP contribution is 2.34. The number of pyridine rings is 1. The lowest BCUT2D eigenvalue weighted by atomic mass is 9.96. The van der Waals surface area contributed by atoms with Crippen molar-refractivity contribution in [2.24, 2.45) is 0 Å². The van der Waals surface area contributed by atoms with Crippen LogP contribution in [-0.4, -0.2) is 64.6 Å². The number of benzene rings is 2. The summed E-state index contributed by atoms with van der Waals surface area (Å²) < 4.78 is 17.9. The summed E-state index contributed by atoms with van der Waals surface area (Å²) in [4.78, 5) is 18.8. The van der Waals surface area contributed by atoms with Gasteiger partial charge in [0.05, 0.1) is 32.9 Å². The molecule has 0 aliphatic carbocycles. The monoisotopic (exact) mass is 476 g/mol. The molecule has 1 N–H and O–H groups in total. The number of rotatable bonds is 8. The summed E-state index contributed by atoms with van der Waals surface area (Å²) >= 11 is 0. The molecule has 4 aromatic rings. The number of nitrogens with one attached hydrogen (secondary N) is 1. The van der Waals surface area contributed by atoms with Crippen LogP contribution in [0.1, 0.15) is 28.6 Å². The van der Waals surface area contributed by atoms with E-state index in [2.05, 4.69) is 43.6 Å². The summed E-state index contributed by atoms with van der Waals surface area (Å²) in [5.74, 6) is 1.74. The normalized spacial score (nSPS) is 14.6. The Kier molecular flexibility index (Phi) is 6.47. The highest BCUT2D eigenvalue weighted by molar-refractivity contribution is 5.83. The van der Waals surface area contributed by atoms with Crippen molar-refractivity contribution >= 4 is 10.9 Å². The van der Waals surface area contributed by atoms with Crippen molar-refractivity contribution in [1.29, 1.82) is 0 Å². The molecule has 10 heteroatoms. The van der Waals surface area contributed by atoms with Gasteiger partial charge in [-0.3, -0.25) is 9.69 Å². The van der Waals surface area contributed by atoms with Gasteiger partial charge in [-0.1, -0.05) is 24.3 Å². The third kappa shape index (κ3) is 4.38. The van der Waals surface area contributed by atoms with Crippen molar-refractivity contribution in [2.75, 3.05) is 34.5 Å². The lowest BCUT2D eigenvalue weighted by Gasteiger charge is -2.34. The van der Waals surface area contributed by atoms with Gasteiger partial charge in [0, 0.05) is 37.2 Å². The number of methoxy groups -OCH3 is 3. The second kappa shape index (κ2) is 9.85. The summed E-state index contributed by atoms with van der Waals surface area (Å²) in [6, 6.07) is 13.5. The fourth-order valence-electron chi connectivity index (χ4n) is 4.73. The van der Waals surface area contributed by atoms with E-state index in [0.29, 0.717) is 48.1 Å².